The fourth-order valence-electron chi connectivity index (χ4n) is 3.49. The van der Waals surface area contributed by atoms with Crippen molar-refractivity contribution >= 4 is 44.5 Å². The molecule has 0 aromatic heterocycles. The van der Waals surface area contributed by atoms with Crippen molar-refractivity contribution in [1.29, 1.82) is 0 Å². The summed E-state index contributed by atoms with van der Waals surface area (Å²) >= 11 is 1.30. The molecule has 0 unspecified atom stereocenters. The average molecular weight is 468 g/mol. The lowest BCUT2D eigenvalue weighted by atomic mass is 10.0. The molecular weight excluding hydrogens is 438 g/mol. The third kappa shape index (κ3) is 6.00. The van der Waals surface area contributed by atoms with Crippen LogP contribution in [0, 0.1) is 0 Å². The van der Waals surface area contributed by atoms with Gasteiger partial charge in [0.05, 0.1) is 17.5 Å². The van der Waals surface area contributed by atoms with Gasteiger partial charge in [-0.1, -0.05) is 37.7 Å². The Morgan fingerprint density at radius 1 is 1.23 bits per heavy atom. The van der Waals surface area contributed by atoms with Crippen molar-refractivity contribution < 1.29 is 22.7 Å². The summed E-state index contributed by atoms with van der Waals surface area (Å²) in [5.74, 6) is -0.0676. The number of hydrogen-bond acceptors (Lipinski definition) is 6. The van der Waals surface area contributed by atoms with Gasteiger partial charge in [0.2, 0.25) is 0 Å². The van der Waals surface area contributed by atoms with Gasteiger partial charge in [-0.2, -0.15) is 4.99 Å². The van der Waals surface area contributed by atoms with Gasteiger partial charge < -0.3 is 15.0 Å². The maximum Gasteiger partial charge on any atom is 0.408 e. The van der Waals surface area contributed by atoms with E-state index in [9.17, 15) is 18.0 Å². The van der Waals surface area contributed by atoms with Crippen LogP contribution in [-0.2, 0) is 19.4 Å². The van der Waals surface area contributed by atoms with E-state index < -0.39 is 27.4 Å². The van der Waals surface area contributed by atoms with E-state index in [1.807, 2.05) is 29.2 Å². The van der Waals surface area contributed by atoms with Gasteiger partial charge in [0, 0.05) is 10.9 Å². The average Bonchev–Trinajstić information content (AvgIpc) is 3.09. The fourth-order valence-corrected chi connectivity index (χ4v) is 7.43. The number of nitrogens with one attached hydrogen (secondary N) is 1. The molecule has 1 aromatic rings. The third-order valence-electron chi connectivity index (χ3n) is 4.91. The molecule has 1 aromatic carbocycles. The molecule has 0 saturated carbocycles. The first kappa shape index (κ1) is 23.6. The van der Waals surface area contributed by atoms with Crippen LogP contribution in [-0.4, -0.2) is 60.5 Å². The lowest BCUT2D eigenvalue weighted by Gasteiger charge is -2.25. The monoisotopic (exact) mass is 467 g/mol. The highest BCUT2D eigenvalue weighted by molar-refractivity contribution is 8.16. The number of hydrogen-bond donors (Lipinski definition) is 1. The quantitative estimate of drug-likeness (QED) is 0.726. The Morgan fingerprint density at radius 3 is 2.45 bits per heavy atom. The summed E-state index contributed by atoms with van der Waals surface area (Å²) in [5.41, 5.74) is 1.30. The van der Waals surface area contributed by atoms with Crippen molar-refractivity contribution in [1.82, 2.24) is 5.32 Å². The Hall–Kier alpha value is -2.07. The molecule has 0 radical (unpaired) electrons. The second kappa shape index (κ2) is 8.82. The minimum atomic E-state index is -3.13. The van der Waals surface area contributed by atoms with E-state index in [0.717, 1.165) is 5.69 Å². The second-order valence-corrected chi connectivity index (χ2v) is 12.4. The summed E-state index contributed by atoms with van der Waals surface area (Å²) in [4.78, 5) is 30.2. The van der Waals surface area contributed by atoms with Gasteiger partial charge in [-0.3, -0.25) is 4.79 Å². The van der Waals surface area contributed by atoms with Crippen LogP contribution in [0.3, 0.4) is 0 Å². The number of alkyl carbamates (subject to hydrolysis) is 1. The number of carbonyl (C=O) groups excluding carboxylic acids is 2. The molecule has 10 heteroatoms. The highest BCUT2D eigenvalue weighted by Gasteiger charge is 2.49. The highest BCUT2D eigenvalue weighted by Crippen LogP contribution is 2.41. The minimum Gasteiger partial charge on any atom is -0.444 e. The van der Waals surface area contributed by atoms with Crippen LogP contribution >= 0.6 is 11.8 Å². The number of anilines is 1. The van der Waals surface area contributed by atoms with Crippen LogP contribution in [0.2, 0.25) is 0 Å². The van der Waals surface area contributed by atoms with Crippen LogP contribution in [0.5, 0.6) is 0 Å². The minimum absolute atomic E-state index is 0.0277. The van der Waals surface area contributed by atoms with E-state index in [1.54, 1.807) is 20.8 Å². The third-order valence-corrected chi connectivity index (χ3v) is 8.12. The number of nitrogens with zero attached hydrogens (tertiary/aromatic N) is 2. The first-order valence-corrected chi connectivity index (χ1v) is 12.9. The zero-order chi connectivity index (χ0) is 23.0. The van der Waals surface area contributed by atoms with E-state index in [-0.39, 0.29) is 29.3 Å². The number of aliphatic imine (C=N–C) groups is 1. The van der Waals surface area contributed by atoms with Crippen LogP contribution in [0.4, 0.5) is 10.5 Å². The zero-order valence-corrected chi connectivity index (χ0v) is 20.0. The van der Waals surface area contributed by atoms with Crippen LogP contribution in [0.15, 0.2) is 29.3 Å². The second-order valence-electron chi connectivity index (χ2n) is 9.06. The van der Waals surface area contributed by atoms with E-state index in [1.165, 1.54) is 17.3 Å². The molecule has 0 bridgehead atoms. The molecule has 2 aliphatic rings. The first-order valence-electron chi connectivity index (χ1n) is 10.2. The molecule has 2 amide bonds. The molecule has 31 heavy (non-hydrogen) atoms. The topological polar surface area (TPSA) is 105 Å². The molecule has 2 aliphatic heterocycles. The molecule has 2 atom stereocenters. The summed E-state index contributed by atoms with van der Waals surface area (Å²) in [6.45, 7) is 9.11. The van der Waals surface area contributed by atoms with Gasteiger partial charge in [-0.05, 0) is 44.4 Å². The molecule has 0 spiro atoms. The molecule has 0 aliphatic carbocycles. The van der Waals surface area contributed by atoms with Gasteiger partial charge in [-0.15, -0.1) is 0 Å². The van der Waals surface area contributed by atoms with Crippen LogP contribution in [0.1, 0.15) is 46.1 Å². The number of ether oxygens (including phenoxy) is 1. The van der Waals surface area contributed by atoms with Gasteiger partial charge in [-0.25, -0.2) is 13.2 Å². The van der Waals surface area contributed by atoms with E-state index >= 15 is 0 Å². The summed E-state index contributed by atoms with van der Waals surface area (Å²) in [6, 6.07) is 7.60. The van der Waals surface area contributed by atoms with Crippen molar-refractivity contribution in [2.45, 2.75) is 57.4 Å². The number of amidine groups is 1. The Bertz CT molecular complexity index is 981. The fraction of sp³-hybridized carbons (Fsp3) is 0.571. The van der Waals surface area contributed by atoms with Crippen molar-refractivity contribution in [2.75, 3.05) is 23.0 Å². The summed E-state index contributed by atoms with van der Waals surface area (Å²) in [7, 11) is -3.13. The van der Waals surface area contributed by atoms with E-state index in [4.69, 9.17) is 4.74 Å². The Morgan fingerprint density at radius 2 is 1.87 bits per heavy atom. The summed E-state index contributed by atoms with van der Waals surface area (Å²) in [6.07, 6.45) is -0.691. The number of rotatable bonds is 4. The molecule has 170 valence electrons. The molecule has 2 fully saturated rings. The van der Waals surface area contributed by atoms with E-state index in [0.29, 0.717) is 11.1 Å². The van der Waals surface area contributed by atoms with Gasteiger partial charge in [0.15, 0.2) is 15.0 Å². The Labute approximate surface area is 187 Å². The standard InChI is InChI=1S/C21H29N3O5S2/c1-13(2)14-6-8-15(9-7-14)24-16-11-31(27,28)12-17(16)30-19(24)23-18(25)10-22-20(26)29-21(3,4)5/h6-9,13,16-17H,10-12H2,1-5H3,(H,22,26)/t16-,17-/m0/s1. The summed E-state index contributed by atoms with van der Waals surface area (Å²) < 4.78 is 29.5. The maximum absolute atomic E-state index is 12.4. The number of carbonyl (C=O) groups is 2. The van der Waals surface area contributed by atoms with Crippen molar-refractivity contribution in [2.24, 2.45) is 4.99 Å². The normalized spacial score (nSPS) is 23.8. The van der Waals surface area contributed by atoms with Gasteiger partial charge in [0.1, 0.15) is 12.1 Å². The van der Waals surface area contributed by atoms with Crippen molar-refractivity contribution in [3.63, 3.8) is 0 Å². The SMILES string of the molecule is CC(C)c1ccc(N2C(=NC(=O)CNC(=O)OC(C)(C)C)S[C@H]3CS(=O)(=O)C[C@@H]32)cc1. The molecule has 3 rings (SSSR count). The van der Waals surface area contributed by atoms with Crippen LogP contribution < -0.4 is 10.2 Å². The smallest absolute Gasteiger partial charge is 0.408 e. The lowest BCUT2D eigenvalue weighted by molar-refractivity contribution is -0.117. The lowest BCUT2D eigenvalue weighted by Crippen LogP contribution is -2.38. The number of thioether (sulfide) groups is 1. The van der Waals surface area contributed by atoms with Gasteiger partial charge in [0.25, 0.3) is 5.91 Å². The molecular formula is C21H29N3O5S2. The van der Waals surface area contributed by atoms with E-state index in [2.05, 4.69) is 24.2 Å². The molecule has 1 N–H and O–H groups in total. The first-order chi connectivity index (χ1) is 14.3. The van der Waals surface area contributed by atoms with Crippen LogP contribution in [0.25, 0.3) is 0 Å². The summed E-state index contributed by atoms with van der Waals surface area (Å²) in [5, 5.41) is 2.69. The Balaban J connectivity index is 1.79. The molecule has 8 nitrogen and oxygen atoms in total. The largest absolute Gasteiger partial charge is 0.444 e. The van der Waals surface area contributed by atoms with Crippen molar-refractivity contribution in [3.8, 4) is 0 Å². The molecule has 2 heterocycles. The number of benzene rings is 1. The number of sulfone groups is 1. The number of fused-ring (bicyclic) bond motifs is 1. The highest BCUT2D eigenvalue weighted by atomic mass is 32.2. The molecule has 2 saturated heterocycles. The predicted molar refractivity (Wildman–Crippen MR) is 124 cm³/mol. The zero-order valence-electron chi connectivity index (χ0n) is 18.4. The van der Waals surface area contributed by atoms with Gasteiger partial charge >= 0.3 is 6.09 Å². The predicted octanol–water partition coefficient (Wildman–Crippen LogP) is 2.94. The maximum atomic E-state index is 12.4. The Kier molecular flexibility index (Phi) is 6.71. The number of amides is 2. The van der Waals surface area contributed by atoms with Crippen molar-refractivity contribution in [3.05, 3.63) is 29.8 Å².